The molecule has 1 aromatic carbocycles. The first-order valence-electron chi connectivity index (χ1n) is 7.60. The number of ether oxygens (including phenoxy) is 1. The van der Waals surface area contributed by atoms with E-state index in [1.54, 1.807) is 0 Å². The van der Waals surface area contributed by atoms with Crippen molar-refractivity contribution in [1.29, 1.82) is 0 Å². The number of hydrogen-bond donors (Lipinski definition) is 1. The van der Waals surface area contributed by atoms with Crippen molar-refractivity contribution < 1.29 is 18.3 Å². The Labute approximate surface area is 126 Å². The average Bonchev–Trinajstić information content (AvgIpc) is 2.79. The number of benzene rings is 1. The molecule has 0 saturated heterocycles. The van der Waals surface area contributed by atoms with Crippen molar-refractivity contribution in [3.63, 3.8) is 0 Å². The maximum atomic E-state index is 11.7. The standard InChI is InChI=1S/C16H22O4S/c1-21(18,19)14-4-2-3-12(10-14)20-13-6-7-15-11(9-13)5-8-16(15)17/h6-7,9,12,14,16-17H,2-5,8,10H2,1H3. The van der Waals surface area contributed by atoms with Gasteiger partial charge in [0, 0.05) is 12.7 Å². The van der Waals surface area contributed by atoms with Crippen LogP contribution in [0.15, 0.2) is 18.2 Å². The van der Waals surface area contributed by atoms with Crippen molar-refractivity contribution in [1.82, 2.24) is 0 Å². The number of aryl methyl sites for hydroxylation is 1. The van der Waals surface area contributed by atoms with E-state index in [0.717, 1.165) is 49.0 Å². The second-order valence-electron chi connectivity index (χ2n) is 6.27. The molecular weight excluding hydrogens is 288 g/mol. The summed E-state index contributed by atoms with van der Waals surface area (Å²) in [6, 6.07) is 5.81. The number of aliphatic hydroxyl groups is 1. The quantitative estimate of drug-likeness (QED) is 0.931. The second kappa shape index (κ2) is 5.61. The van der Waals surface area contributed by atoms with Crippen molar-refractivity contribution in [3.8, 4) is 5.75 Å². The van der Waals surface area contributed by atoms with Crippen LogP contribution < -0.4 is 4.74 Å². The molecule has 1 saturated carbocycles. The highest BCUT2D eigenvalue weighted by atomic mass is 32.2. The smallest absolute Gasteiger partial charge is 0.150 e. The zero-order chi connectivity index (χ0) is 15.0. The molecule has 2 aliphatic rings. The highest BCUT2D eigenvalue weighted by Crippen LogP contribution is 2.34. The zero-order valence-electron chi connectivity index (χ0n) is 12.3. The molecule has 2 aliphatic carbocycles. The van der Waals surface area contributed by atoms with Gasteiger partial charge in [0.15, 0.2) is 0 Å². The molecule has 1 N–H and O–H groups in total. The van der Waals surface area contributed by atoms with Gasteiger partial charge in [-0.05, 0) is 55.4 Å². The fraction of sp³-hybridized carbons (Fsp3) is 0.625. The summed E-state index contributed by atoms with van der Waals surface area (Å²) >= 11 is 0. The Hall–Kier alpha value is -1.07. The van der Waals surface area contributed by atoms with Crippen LogP contribution in [0.25, 0.3) is 0 Å². The lowest BCUT2D eigenvalue weighted by atomic mass is 9.97. The first-order valence-corrected chi connectivity index (χ1v) is 9.55. The van der Waals surface area contributed by atoms with Gasteiger partial charge in [-0.1, -0.05) is 6.07 Å². The highest BCUT2D eigenvalue weighted by Gasteiger charge is 2.30. The minimum atomic E-state index is -2.98. The Balaban J connectivity index is 1.69. The van der Waals surface area contributed by atoms with E-state index >= 15 is 0 Å². The van der Waals surface area contributed by atoms with E-state index in [9.17, 15) is 13.5 Å². The molecule has 1 aromatic rings. The van der Waals surface area contributed by atoms with Gasteiger partial charge in [0.05, 0.1) is 17.5 Å². The molecule has 1 fully saturated rings. The molecule has 0 amide bonds. The van der Waals surface area contributed by atoms with Crippen molar-refractivity contribution in [2.24, 2.45) is 0 Å². The van der Waals surface area contributed by atoms with Crippen molar-refractivity contribution in [3.05, 3.63) is 29.3 Å². The molecule has 3 rings (SSSR count). The lowest BCUT2D eigenvalue weighted by Crippen LogP contribution is -2.33. The Morgan fingerprint density at radius 3 is 2.81 bits per heavy atom. The van der Waals surface area contributed by atoms with Crippen molar-refractivity contribution in [2.75, 3.05) is 6.26 Å². The Bertz CT molecular complexity index is 623. The molecule has 5 heteroatoms. The van der Waals surface area contributed by atoms with Crippen LogP contribution in [0.2, 0.25) is 0 Å². The number of fused-ring (bicyclic) bond motifs is 1. The predicted octanol–water partition coefficient (Wildman–Crippen LogP) is 2.40. The third-order valence-electron chi connectivity index (χ3n) is 4.65. The van der Waals surface area contributed by atoms with Gasteiger partial charge in [-0.2, -0.15) is 0 Å². The van der Waals surface area contributed by atoms with Gasteiger partial charge < -0.3 is 9.84 Å². The molecule has 21 heavy (non-hydrogen) atoms. The van der Waals surface area contributed by atoms with Gasteiger partial charge >= 0.3 is 0 Å². The van der Waals surface area contributed by atoms with Gasteiger partial charge in [0.1, 0.15) is 15.6 Å². The maximum Gasteiger partial charge on any atom is 0.150 e. The lowest BCUT2D eigenvalue weighted by Gasteiger charge is -2.28. The van der Waals surface area contributed by atoms with Crippen molar-refractivity contribution in [2.45, 2.75) is 56.0 Å². The Morgan fingerprint density at radius 1 is 1.24 bits per heavy atom. The van der Waals surface area contributed by atoms with Crippen LogP contribution in [0.3, 0.4) is 0 Å². The van der Waals surface area contributed by atoms with Crippen LogP contribution in [0, 0.1) is 0 Å². The molecule has 116 valence electrons. The SMILES string of the molecule is CS(=O)(=O)C1CCCC(Oc2ccc3c(c2)CCC3O)C1. The number of aliphatic hydroxyl groups excluding tert-OH is 1. The van der Waals surface area contributed by atoms with Crippen LogP contribution in [-0.4, -0.2) is 31.1 Å². The summed E-state index contributed by atoms with van der Waals surface area (Å²) in [6.07, 6.45) is 5.73. The fourth-order valence-electron chi connectivity index (χ4n) is 3.44. The molecule has 0 aromatic heterocycles. The molecule has 4 nitrogen and oxygen atoms in total. The summed E-state index contributed by atoms with van der Waals surface area (Å²) in [4.78, 5) is 0. The number of hydrogen-bond acceptors (Lipinski definition) is 4. The highest BCUT2D eigenvalue weighted by molar-refractivity contribution is 7.91. The summed E-state index contributed by atoms with van der Waals surface area (Å²) in [5.41, 5.74) is 2.15. The summed E-state index contributed by atoms with van der Waals surface area (Å²) in [5, 5.41) is 9.54. The summed E-state index contributed by atoms with van der Waals surface area (Å²) < 4.78 is 29.4. The number of sulfone groups is 1. The van der Waals surface area contributed by atoms with Crippen molar-refractivity contribution >= 4 is 9.84 Å². The fourth-order valence-corrected chi connectivity index (χ4v) is 4.59. The van der Waals surface area contributed by atoms with E-state index < -0.39 is 9.84 Å². The normalized spacial score (nSPS) is 29.1. The monoisotopic (exact) mass is 310 g/mol. The zero-order valence-corrected chi connectivity index (χ0v) is 13.1. The van der Waals surface area contributed by atoms with Gasteiger partial charge in [-0.3, -0.25) is 0 Å². The Morgan fingerprint density at radius 2 is 2.05 bits per heavy atom. The van der Waals surface area contributed by atoms with Gasteiger partial charge in [0.2, 0.25) is 0 Å². The molecule has 0 aliphatic heterocycles. The first-order chi connectivity index (χ1) is 9.93. The average molecular weight is 310 g/mol. The minimum Gasteiger partial charge on any atom is -0.490 e. The predicted molar refractivity (Wildman–Crippen MR) is 81.2 cm³/mol. The topological polar surface area (TPSA) is 63.6 Å². The van der Waals surface area contributed by atoms with E-state index in [4.69, 9.17) is 4.74 Å². The number of rotatable bonds is 3. The van der Waals surface area contributed by atoms with E-state index in [-0.39, 0.29) is 17.5 Å². The van der Waals surface area contributed by atoms with Crippen LogP contribution in [0.5, 0.6) is 5.75 Å². The van der Waals surface area contributed by atoms with Crippen LogP contribution in [0.4, 0.5) is 0 Å². The maximum absolute atomic E-state index is 11.7. The van der Waals surface area contributed by atoms with E-state index in [2.05, 4.69) is 0 Å². The van der Waals surface area contributed by atoms with E-state index in [0.29, 0.717) is 6.42 Å². The van der Waals surface area contributed by atoms with Crippen LogP contribution in [-0.2, 0) is 16.3 Å². The molecule has 3 unspecified atom stereocenters. The minimum absolute atomic E-state index is 0.0251. The molecule has 0 radical (unpaired) electrons. The van der Waals surface area contributed by atoms with E-state index in [1.165, 1.54) is 6.26 Å². The lowest BCUT2D eigenvalue weighted by molar-refractivity contribution is 0.156. The van der Waals surface area contributed by atoms with Crippen LogP contribution >= 0.6 is 0 Å². The van der Waals surface area contributed by atoms with Crippen LogP contribution in [0.1, 0.15) is 49.3 Å². The molecule has 0 spiro atoms. The summed E-state index contributed by atoms with van der Waals surface area (Å²) in [5.74, 6) is 0.794. The first kappa shape index (κ1) is 14.9. The second-order valence-corrected chi connectivity index (χ2v) is 8.60. The Kier molecular flexibility index (Phi) is 3.97. The summed E-state index contributed by atoms with van der Waals surface area (Å²) in [6.45, 7) is 0. The van der Waals surface area contributed by atoms with E-state index in [1.807, 2.05) is 18.2 Å². The third-order valence-corrected chi connectivity index (χ3v) is 6.29. The van der Waals surface area contributed by atoms with Gasteiger partial charge in [-0.15, -0.1) is 0 Å². The largest absolute Gasteiger partial charge is 0.490 e. The van der Waals surface area contributed by atoms with Gasteiger partial charge in [-0.25, -0.2) is 8.42 Å². The molecule has 0 bridgehead atoms. The van der Waals surface area contributed by atoms with Gasteiger partial charge in [0.25, 0.3) is 0 Å². The molecular formula is C16H22O4S. The molecule has 0 heterocycles. The summed E-state index contributed by atoms with van der Waals surface area (Å²) in [7, 11) is -2.98. The molecule has 3 atom stereocenters. The third kappa shape index (κ3) is 3.24.